The number of hydrogen-bond acceptors (Lipinski definition) is 6. The van der Waals surface area contributed by atoms with E-state index >= 15 is 0 Å². The number of rotatable bonds is 9. The molecule has 3 aliphatic heterocycles. The molecule has 3 fully saturated rings. The maximum absolute atomic E-state index is 14.1. The molecule has 0 radical (unpaired) electrons. The molecule has 9 heteroatoms. The zero-order chi connectivity index (χ0) is 29.0. The lowest BCUT2D eigenvalue weighted by Gasteiger charge is -2.40. The summed E-state index contributed by atoms with van der Waals surface area (Å²) in [6.07, 6.45) is 2.17. The number of benzene rings is 1. The number of likely N-dealkylation sites (tertiary alicyclic amines) is 1. The maximum atomic E-state index is 14.1. The molecule has 0 aromatic heterocycles. The molecule has 1 spiro atoms. The maximum Gasteiger partial charge on any atom is 0.244 e. The summed E-state index contributed by atoms with van der Waals surface area (Å²) < 4.78 is 4.31. The summed E-state index contributed by atoms with van der Waals surface area (Å²) in [4.78, 5) is 43.6. The third kappa shape index (κ3) is 5.41. The Kier molecular flexibility index (Phi) is 7.84. The van der Waals surface area contributed by atoms with Gasteiger partial charge in [0, 0.05) is 16.0 Å². The summed E-state index contributed by atoms with van der Waals surface area (Å²) in [6, 6.07) is 5.91. The third-order valence-corrected chi connectivity index (χ3v) is 10.3. The van der Waals surface area contributed by atoms with Crippen molar-refractivity contribution < 1.29 is 24.2 Å². The number of carbonyl (C=O) groups is 3. The van der Waals surface area contributed by atoms with Crippen LogP contribution in [0, 0.1) is 17.3 Å². The normalized spacial score (nSPS) is 30.7. The Hall–Kier alpha value is -2.26. The van der Waals surface area contributed by atoms with Crippen molar-refractivity contribution in [2.45, 2.75) is 102 Å². The summed E-state index contributed by atoms with van der Waals surface area (Å²) in [5, 5.41) is 16.4. The van der Waals surface area contributed by atoms with Gasteiger partial charge in [-0.15, -0.1) is 11.8 Å². The first-order chi connectivity index (χ1) is 18.1. The predicted octanol–water partition coefficient (Wildman–Crippen LogP) is 4.22. The van der Waals surface area contributed by atoms with Crippen LogP contribution in [-0.2, 0) is 14.4 Å². The lowest BCUT2D eigenvalue weighted by atomic mass is 9.66. The van der Waals surface area contributed by atoms with Gasteiger partial charge in [0.15, 0.2) is 0 Å². The van der Waals surface area contributed by atoms with Crippen LogP contribution in [0.2, 0.25) is 0 Å². The standard InChI is InChI=1S/C30H45N3O5S/c1-9-38-20-12-10-19(11-13-20)31-24(35)21-22-26(37)33(18(2)16-34)23(30(22)15-14-29(21,8)39-30)25(36)32-28(6,7)17-27(3,4)5/h10-13,18,21-23,34H,9,14-17H2,1-8H3,(H,31,35)(H,32,36)/t18-,21+,22+,23?,29-,30?/m1/s1. The van der Waals surface area contributed by atoms with Gasteiger partial charge in [0.2, 0.25) is 17.7 Å². The molecule has 6 atom stereocenters. The van der Waals surface area contributed by atoms with Crippen LogP contribution in [0.4, 0.5) is 5.69 Å². The van der Waals surface area contributed by atoms with Gasteiger partial charge in [0.1, 0.15) is 11.8 Å². The number of amides is 3. The highest BCUT2D eigenvalue weighted by atomic mass is 32.2. The second-order valence-corrected chi connectivity index (χ2v) is 15.5. The van der Waals surface area contributed by atoms with Crippen molar-refractivity contribution in [3.63, 3.8) is 0 Å². The van der Waals surface area contributed by atoms with Crippen molar-refractivity contribution in [3.8, 4) is 5.75 Å². The molecule has 3 heterocycles. The summed E-state index contributed by atoms with van der Waals surface area (Å²) in [5.74, 6) is -1.14. The summed E-state index contributed by atoms with van der Waals surface area (Å²) in [6.45, 7) is 16.5. The molecule has 1 aromatic rings. The molecular formula is C30H45N3O5S. The first-order valence-corrected chi connectivity index (χ1v) is 14.9. The number of aliphatic hydroxyl groups excluding tert-OH is 1. The van der Waals surface area contributed by atoms with E-state index in [2.05, 4.69) is 38.3 Å². The van der Waals surface area contributed by atoms with Crippen LogP contribution < -0.4 is 15.4 Å². The Morgan fingerprint density at radius 1 is 1.15 bits per heavy atom. The average molecular weight is 560 g/mol. The number of anilines is 1. The van der Waals surface area contributed by atoms with Crippen molar-refractivity contribution >= 4 is 35.2 Å². The molecule has 3 N–H and O–H groups in total. The topological polar surface area (TPSA) is 108 Å². The van der Waals surface area contributed by atoms with E-state index in [4.69, 9.17) is 4.74 Å². The number of nitrogens with one attached hydrogen (secondary N) is 2. The molecule has 3 aliphatic rings. The Balaban J connectivity index is 1.66. The minimum atomic E-state index is -0.758. The van der Waals surface area contributed by atoms with Crippen molar-refractivity contribution in [3.05, 3.63) is 24.3 Å². The SMILES string of the molecule is CCOc1ccc(NC(=O)[C@@H]2[C@H]3C(=O)N([C@H](C)CO)C(C(=O)NC(C)(C)CC(C)(C)C)C34CC[C@@]2(C)S4)cc1. The minimum absolute atomic E-state index is 0.000730. The van der Waals surface area contributed by atoms with E-state index in [1.54, 1.807) is 35.7 Å². The Bertz CT molecular complexity index is 1120. The fourth-order valence-corrected chi connectivity index (χ4v) is 9.76. The van der Waals surface area contributed by atoms with E-state index in [1.165, 1.54) is 0 Å². The third-order valence-electron chi connectivity index (χ3n) is 8.35. The molecular weight excluding hydrogens is 514 g/mol. The highest BCUT2D eigenvalue weighted by molar-refractivity contribution is 8.02. The van der Waals surface area contributed by atoms with E-state index in [9.17, 15) is 19.5 Å². The summed E-state index contributed by atoms with van der Waals surface area (Å²) in [5.41, 5.74) is 0.147. The molecule has 3 saturated heterocycles. The van der Waals surface area contributed by atoms with Crippen LogP contribution >= 0.6 is 11.8 Å². The highest BCUT2D eigenvalue weighted by Gasteiger charge is 2.77. The van der Waals surface area contributed by atoms with E-state index in [1.807, 2.05) is 32.9 Å². The van der Waals surface area contributed by atoms with Crippen LogP contribution in [-0.4, -0.2) is 68.1 Å². The van der Waals surface area contributed by atoms with Crippen LogP contribution in [0.15, 0.2) is 24.3 Å². The van der Waals surface area contributed by atoms with E-state index < -0.39 is 39.0 Å². The number of thioether (sulfide) groups is 1. The molecule has 0 aliphatic carbocycles. The zero-order valence-electron chi connectivity index (χ0n) is 24.6. The number of fused-ring (bicyclic) bond motifs is 1. The summed E-state index contributed by atoms with van der Waals surface area (Å²) >= 11 is 1.63. The first-order valence-electron chi connectivity index (χ1n) is 14.1. The highest BCUT2D eigenvalue weighted by Crippen LogP contribution is 2.71. The van der Waals surface area contributed by atoms with E-state index in [0.717, 1.165) is 18.6 Å². The number of hydrogen-bond donors (Lipinski definition) is 3. The number of aliphatic hydroxyl groups is 1. The molecule has 0 saturated carbocycles. The smallest absolute Gasteiger partial charge is 0.244 e. The predicted molar refractivity (Wildman–Crippen MR) is 155 cm³/mol. The van der Waals surface area contributed by atoms with E-state index in [-0.39, 0.29) is 29.7 Å². The monoisotopic (exact) mass is 559 g/mol. The van der Waals surface area contributed by atoms with Gasteiger partial charge in [-0.05, 0) is 83.6 Å². The second-order valence-electron chi connectivity index (χ2n) is 13.6. The second kappa shape index (κ2) is 10.3. The van der Waals surface area contributed by atoms with Crippen molar-refractivity contribution in [1.82, 2.24) is 10.2 Å². The molecule has 4 rings (SSSR count). The van der Waals surface area contributed by atoms with Gasteiger partial charge >= 0.3 is 0 Å². The van der Waals surface area contributed by atoms with Crippen LogP contribution in [0.3, 0.4) is 0 Å². The van der Waals surface area contributed by atoms with Crippen LogP contribution in [0.5, 0.6) is 5.75 Å². The lowest BCUT2D eigenvalue weighted by Crippen LogP contribution is -2.59. The Morgan fingerprint density at radius 2 is 1.79 bits per heavy atom. The van der Waals surface area contributed by atoms with E-state index in [0.29, 0.717) is 18.7 Å². The van der Waals surface area contributed by atoms with Crippen molar-refractivity contribution in [2.24, 2.45) is 17.3 Å². The zero-order valence-corrected chi connectivity index (χ0v) is 25.4. The quantitative estimate of drug-likeness (QED) is 0.418. The van der Waals surface area contributed by atoms with Crippen LogP contribution in [0.1, 0.15) is 74.7 Å². The van der Waals surface area contributed by atoms with Gasteiger partial charge in [-0.1, -0.05) is 20.8 Å². The largest absolute Gasteiger partial charge is 0.494 e. The Morgan fingerprint density at radius 3 is 2.36 bits per heavy atom. The van der Waals surface area contributed by atoms with Crippen molar-refractivity contribution in [2.75, 3.05) is 18.5 Å². The fraction of sp³-hybridized carbons (Fsp3) is 0.700. The van der Waals surface area contributed by atoms with Gasteiger partial charge in [-0.2, -0.15) is 0 Å². The summed E-state index contributed by atoms with van der Waals surface area (Å²) in [7, 11) is 0. The first kappa shape index (κ1) is 29.7. The molecule has 8 nitrogen and oxygen atoms in total. The molecule has 2 unspecified atom stereocenters. The fourth-order valence-electron chi connectivity index (χ4n) is 7.42. The minimum Gasteiger partial charge on any atom is -0.494 e. The number of nitrogens with zero attached hydrogens (tertiary/aromatic N) is 1. The van der Waals surface area contributed by atoms with Gasteiger partial charge in [0.05, 0.1) is 35.8 Å². The Labute approximate surface area is 237 Å². The molecule has 3 amide bonds. The molecule has 216 valence electrons. The average Bonchev–Trinajstić information content (AvgIpc) is 3.38. The number of carbonyl (C=O) groups excluding carboxylic acids is 3. The molecule has 39 heavy (non-hydrogen) atoms. The number of ether oxygens (including phenoxy) is 1. The van der Waals surface area contributed by atoms with Gasteiger partial charge in [-0.3, -0.25) is 14.4 Å². The van der Waals surface area contributed by atoms with Crippen LogP contribution in [0.25, 0.3) is 0 Å². The van der Waals surface area contributed by atoms with Gasteiger partial charge in [-0.25, -0.2) is 0 Å². The van der Waals surface area contributed by atoms with Gasteiger partial charge in [0.25, 0.3) is 0 Å². The molecule has 2 bridgehead atoms. The van der Waals surface area contributed by atoms with Crippen molar-refractivity contribution in [1.29, 1.82) is 0 Å². The lowest BCUT2D eigenvalue weighted by molar-refractivity contribution is -0.142. The van der Waals surface area contributed by atoms with Gasteiger partial charge < -0.3 is 25.4 Å². The molecule has 1 aromatic carbocycles.